The van der Waals surface area contributed by atoms with Gasteiger partial charge in [-0.3, -0.25) is 13.9 Å². The molecule has 3 rings (SSSR count). The quantitative estimate of drug-likeness (QED) is 0.806. The van der Waals surface area contributed by atoms with Gasteiger partial charge in [-0.2, -0.15) is 0 Å². The van der Waals surface area contributed by atoms with E-state index in [0.717, 1.165) is 22.5 Å². The monoisotopic (exact) mass is 401 g/mol. The van der Waals surface area contributed by atoms with Crippen molar-refractivity contribution >= 4 is 38.9 Å². The molecule has 0 unspecified atom stereocenters. The summed E-state index contributed by atoms with van der Waals surface area (Å²) in [4.78, 5) is 26.4. The van der Waals surface area contributed by atoms with E-state index in [1.54, 1.807) is 54.3 Å². The third-order valence-electron chi connectivity index (χ3n) is 4.61. The van der Waals surface area contributed by atoms with Gasteiger partial charge < -0.3 is 10.2 Å². The van der Waals surface area contributed by atoms with E-state index in [1.807, 2.05) is 6.07 Å². The van der Waals surface area contributed by atoms with E-state index in [1.165, 1.54) is 0 Å². The molecule has 1 saturated heterocycles. The summed E-state index contributed by atoms with van der Waals surface area (Å²) in [6.45, 7) is 2.04. The Balaban J connectivity index is 1.83. The third-order valence-corrected chi connectivity index (χ3v) is 5.74. The predicted molar refractivity (Wildman–Crippen MR) is 110 cm³/mol. The number of aryl methyl sites for hydroxylation is 1. The second-order valence-corrected chi connectivity index (χ2v) is 8.68. The van der Waals surface area contributed by atoms with Crippen LogP contribution in [0.5, 0.6) is 0 Å². The van der Waals surface area contributed by atoms with Crippen LogP contribution in [-0.2, 0) is 19.6 Å². The SMILES string of the molecule is Cc1ccccc1N(CC(=O)Nc1ccccc1N1CCCC1=O)S(C)(=O)=O. The van der Waals surface area contributed by atoms with Gasteiger partial charge in [0.2, 0.25) is 21.8 Å². The summed E-state index contributed by atoms with van der Waals surface area (Å²) in [6, 6.07) is 14.0. The van der Waals surface area contributed by atoms with Crippen LogP contribution in [0.1, 0.15) is 18.4 Å². The molecule has 1 aliphatic heterocycles. The maximum atomic E-state index is 12.7. The zero-order valence-corrected chi connectivity index (χ0v) is 16.7. The van der Waals surface area contributed by atoms with Gasteiger partial charge in [-0.05, 0) is 37.1 Å². The van der Waals surface area contributed by atoms with Gasteiger partial charge in [-0.25, -0.2) is 8.42 Å². The Labute approximate surface area is 165 Å². The summed E-state index contributed by atoms with van der Waals surface area (Å²) < 4.78 is 25.7. The van der Waals surface area contributed by atoms with Crippen LogP contribution in [0.15, 0.2) is 48.5 Å². The van der Waals surface area contributed by atoms with E-state index in [9.17, 15) is 18.0 Å². The number of hydrogen-bond donors (Lipinski definition) is 1. The fourth-order valence-electron chi connectivity index (χ4n) is 3.26. The zero-order valence-electron chi connectivity index (χ0n) is 15.9. The molecular formula is C20H23N3O4S. The average Bonchev–Trinajstić information content (AvgIpc) is 3.06. The van der Waals surface area contributed by atoms with Crippen LogP contribution >= 0.6 is 0 Å². The number of rotatable bonds is 6. The number of amides is 2. The van der Waals surface area contributed by atoms with Crippen LogP contribution < -0.4 is 14.5 Å². The molecular weight excluding hydrogens is 378 g/mol. The topological polar surface area (TPSA) is 86.8 Å². The summed E-state index contributed by atoms with van der Waals surface area (Å²) in [6.07, 6.45) is 2.33. The molecule has 2 aromatic carbocycles. The molecule has 7 nitrogen and oxygen atoms in total. The highest BCUT2D eigenvalue weighted by molar-refractivity contribution is 7.92. The second kappa shape index (κ2) is 8.02. The Morgan fingerprint density at radius 3 is 2.46 bits per heavy atom. The lowest BCUT2D eigenvalue weighted by Gasteiger charge is -2.24. The number of nitrogens with one attached hydrogen (secondary N) is 1. The molecule has 148 valence electrons. The summed E-state index contributed by atoms with van der Waals surface area (Å²) >= 11 is 0. The molecule has 2 amide bonds. The van der Waals surface area contributed by atoms with Crippen LogP contribution in [-0.4, -0.2) is 39.6 Å². The second-order valence-electron chi connectivity index (χ2n) is 6.77. The van der Waals surface area contributed by atoms with Crippen LogP contribution in [0.4, 0.5) is 17.1 Å². The van der Waals surface area contributed by atoms with Crippen molar-refractivity contribution in [1.29, 1.82) is 0 Å². The molecule has 28 heavy (non-hydrogen) atoms. The van der Waals surface area contributed by atoms with E-state index >= 15 is 0 Å². The Kier molecular flexibility index (Phi) is 5.69. The highest BCUT2D eigenvalue weighted by Crippen LogP contribution is 2.29. The van der Waals surface area contributed by atoms with E-state index in [2.05, 4.69) is 5.32 Å². The van der Waals surface area contributed by atoms with Crippen molar-refractivity contribution in [3.05, 3.63) is 54.1 Å². The third kappa shape index (κ3) is 4.33. The number of para-hydroxylation sites is 3. The summed E-state index contributed by atoms with van der Waals surface area (Å²) in [7, 11) is -3.65. The molecule has 1 heterocycles. The highest BCUT2D eigenvalue weighted by atomic mass is 32.2. The minimum absolute atomic E-state index is 0.0133. The van der Waals surface area contributed by atoms with E-state index in [0.29, 0.717) is 30.0 Å². The van der Waals surface area contributed by atoms with Gasteiger partial charge >= 0.3 is 0 Å². The molecule has 1 fully saturated rings. The Morgan fingerprint density at radius 2 is 1.82 bits per heavy atom. The first-order valence-corrected chi connectivity index (χ1v) is 10.8. The average molecular weight is 401 g/mol. The molecule has 0 aliphatic carbocycles. The predicted octanol–water partition coefficient (Wildman–Crippen LogP) is 2.53. The largest absolute Gasteiger partial charge is 0.323 e. The van der Waals surface area contributed by atoms with Crippen molar-refractivity contribution in [2.24, 2.45) is 0 Å². The Morgan fingerprint density at radius 1 is 1.14 bits per heavy atom. The summed E-state index contributed by atoms with van der Waals surface area (Å²) in [5.41, 5.74) is 2.33. The maximum absolute atomic E-state index is 12.7. The van der Waals surface area contributed by atoms with Crippen LogP contribution in [0.25, 0.3) is 0 Å². The van der Waals surface area contributed by atoms with E-state index in [-0.39, 0.29) is 12.5 Å². The standard InChI is InChI=1S/C20H23N3O4S/c1-15-8-3-5-10-17(15)23(28(2,26)27)14-19(24)21-16-9-4-6-11-18(16)22-13-7-12-20(22)25/h3-6,8-11H,7,12-14H2,1-2H3,(H,21,24). The van der Waals surface area contributed by atoms with Gasteiger partial charge in [0.05, 0.1) is 23.3 Å². The summed E-state index contributed by atoms with van der Waals surface area (Å²) in [5, 5.41) is 2.76. The maximum Gasteiger partial charge on any atom is 0.245 e. The highest BCUT2D eigenvalue weighted by Gasteiger charge is 2.26. The van der Waals surface area contributed by atoms with Gasteiger partial charge in [-0.15, -0.1) is 0 Å². The van der Waals surface area contributed by atoms with Gasteiger partial charge in [0.25, 0.3) is 0 Å². The molecule has 0 aromatic heterocycles. The molecule has 0 bridgehead atoms. The smallest absolute Gasteiger partial charge is 0.245 e. The minimum Gasteiger partial charge on any atom is -0.323 e. The van der Waals surface area contributed by atoms with Crippen molar-refractivity contribution in [3.8, 4) is 0 Å². The Hall–Kier alpha value is -2.87. The van der Waals surface area contributed by atoms with Crippen molar-refractivity contribution < 1.29 is 18.0 Å². The normalized spacial score (nSPS) is 14.2. The number of nitrogens with zero attached hydrogens (tertiary/aromatic N) is 2. The van der Waals surface area contributed by atoms with E-state index in [4.69, 9.17) is 0 Å². The zero-order chi connectivity index (χ0) is 20.3. The summed E-state index contributed by atoms with van der Waals surface area (Å²) in [5.74, 6) is -0.466. The molecule has 0 spiro atoms. The minimum atomic E-state index is -3.65. The van der Waals surface area contributed by atoms with Crippen LogP contribution in [0.3, 0.4) is 0 Å². The lowest BCUT2D eigenvalue weighted by Crippen LogP contribution is -2.38. The molecule has 8 heteroatoms. The molecule has 0 saturated carbocycles. The fourth-order valence-corrected chi connectivity index (χ4v) is 4.18. The van der Waals surface area contributed by atoms with Crippen molar-refractivity contribution in [3.63, 3.8) is 0 Å². The molecule has 1 aliphatic rings. The fraction of sp³-hybridized carbons (Fsp3) is 0.300. The van der Waals surface area contributed by atoms with E-state index < -0.39 is 15.9 Å². The number of benzene rings is 2. The number of hydrogen-bond acceptors (Lipinski definition) is 4. The van der Waals surface area contributed by atoms with Crippen molar-refractivity contribution in [2.75, 3.05) is 33.9 Å². The van der Waals surface area contributed by atoms with Crippen molar-refractivity contribution in [1.82, 2.24) is 0 Å². The van der Waals surface area contributed by atoms with Gasteiger partial charge in [0.1, 0.15) is 6.54 Å². The molecule has 2 aromatic rings. The number of anilines is 3. The van der Waals surface area contributed by atoms with Gasteiger partial charge in [-0.1, -0.05) is 30.3 Å². The van der Waals surface area contributed by atoms with Gasteiger partial charge in [0, 0.05) is 13.0 Å². The molecule has 1 N–H and O–H groups in total. The first-order valence-electron chi connectivity index (χ1n) is 9.00. The number of carbonyl (C=O) groups excluding carboxylic acids is 2. The first kappa shape index (κ1) is 19.9. The first-order chi connectivity index (χ1) is 13.3. The van der Waals surface area contributed by atoms with Crippen molar-refractivity contribution in [2.45, 2.75) is 19.8 Å². The van der Waals surface area contributed by atoms with Crippen LogP contribution in [0, 0.1) is 6.92 Å². The molecule has 0 atom stereocenters. The molecule has 0 radical (unpaired) electrons. The van der Waals surface area contributed by atoms with Gasteiger partial charge in [0.15, 0.2) is 0 Å². The number of carbonyl (C=O) groups is 2. The Bertz CT molecular complexity index is 1000. The lowest BCUT2D eigenvalue weighted by molar-refractivity contribution is -0.117. The number of sulfonamides is 1. The van der Waals surface area contributed by atoms with Crippen LogP contribution in [0.2, 0.25) is 0 Å². The lowest BCUT2D eigenvalue weighted by atomic mass is 10.2.